The maximum atomic E-state index is 11.8. The smallest absolute Gasteiger partial charge is 0.226 e. The number of H-pyrrole nitrogens is 1. The minimum Gasteiger partial charge on any atom is -0.469 e. The van der Waals surface area contributed by atoms with Gasteiger partial charge in [0.05, 0.1) is 11.8 Å². The number of anilines is 1. The van der Waals surface area contributed by atoms with E-state index in [1.165, 1.54) is 0 Å². The quantitative estimate of drug-likeness (QED) is 0.753. The number of carbonyl (C=O) groups excluding carboxylic acids is 1. The van der Waals surface area contributed by atoms with Gasteiger partial charge in [-0.1, -0.05) is 12.1 Å². The van der Waals surface area contributed by atoms with Gasteiger partial charge in [0.25, 0.3) is 0 Å². The van der Waals surface area contributed by atoms with Crippen molar-refractivity contribution in [2.75, 3.05) is 5.32 Å². The molecule has 0 aliphatic rings. The molecule has 2 heterocycles. The number of aryl methyl sites for hydroxylation is 1. The van der Waals surface area contributed by atoms with Crippen molar-refractivity contribution in [1.82, 2.24) is 10.2 Å². The van der Waals surface area contributed by atoms with Gasteiger partial charge >= 0.3 is 0 Å². The molecule has 0 saturated heterocycles. The Morgan fingerprint density at radius 1 is 1.26 bits per heavy atom. The van der Waals surface area contributed by atoms with Crippen molar-refractivity contribution < 1.29 is 9.21 Å². The number of amides is 1. The highest BCUT2D eigenvalue weighted by molar-refractivity contribution is 5.99. The molecule has 3 aromatic rings. The lowest BCUT2D eigenvalue weighted by Gasteiger charge is -2.01. The van der Waals surface area contributed by atoms with Gasteiger partial charge < -0.3 is 9.73 Å². The maximum Gasteiger partial charge on any atom is 0.226 e. The van der Waals surface area contributed by atoms with E-state index in [9.17, 15) is 4.79 Å². The van der Waals surface area contributed by atoms with E-state index in [1.54, 1.807) is 6.26 Å². The van der Waals surface area contributed by atoms with E-state index in [2.05, 4.69) is 15.5 Å². The summed E-state index contributed by atoms with van der Waals surface area (Å²) >= 11 is 0. The lowest BCUT2D eigenvalue weighted by molar-refractivity contribution is -0.116. The van der Waals surface area contributed by atoms with Crippen molar-refractivity contribution in [1.29, 1.82) is 0 Å². The topological polar surface area (TPSA) is 70.9 Å². The molecular weight excluding hydrogens is 242 g/mol. The second-order valence-electron chi connectivity index (χ2n) is 4.25. The fourth-order valence-corrected chi connectivity index (χ4v) is 1.94. The molecule has 0 unspecified atom stereocenters. The van der Waals surface area contributed by atoms with Crippen molar-refractivity contribution in [3.05, 3.63) is 48.4 Å². The van der Waals surface area contributed by atoms with Gasteiger partial charge in [-0.05, 0) is 24.3 Å². The maximum absolute atomic E-state index is 11.8. The average Bonchev–Trinajstić information content (AvgIpc) is 3.07. The molecule has 3 rings (SSSR count). The molecule has 1 amide bonds. The van der Waals surface area contributed by atoms with Gasteiger partial charge in [-0.2, -0.15) is 5.10 Å². The fraction of sp³-hybridized carbons (Fsp3) is 0.143. The van der Waals surface area contributed by atoms with E-state index in [0.717, 1.165) is 16.7 Å². The molecule has 0 aliphatic carbocycles. The van der Waals surface area contributed by atoms with Crippen molar-refractivity contribution in [3.8, 4) is 0 Å². The van der Waals surface area contributed by atoms with Crippen molar-refractivity contribution in [2.45, 2.75) is 12.8 Å². The van der Waals surface area contributed by atoms with Crippen LogP contribution in [0.1, 0.15) is 12.2 Å². The summed E-state index contributed by atoms with van der Waals surface area (Å²) in [6.45, 7) is 0. The highest BCUT2D eigenvalue weighted by Crippen LogP contribution is 2.19. The molecule has 0 saturated carbocycles. The normalized spacial score (nSPS) is 10.7. The summed E-state index contributed by atoms with van der Waals surface area (Å²) in [6.07, 6.45) is 2.56. The summed E-state index contributed by atoms with van der Waals surface area (Å²) in [7, 11) is 0. The predicted octanol–water partition coefficient (Wildman–Crippen LogP) is 2.73. The van der Waals surface area contributed by atoms with Crippen LogP contribution in [0.25, 0.3) is 10.9 Å². The largest absolute Gasteiger partial charge is 0.469 e. The van der Waals surface area contributed by atoms with E-state index in [-0.39, 0.29) is 5.91 Å². The molecule has 19 heavy (non-hydrogen) atoms. The molecule has 2 N–H and O–H groups in total. The number of aromatic nitrogens is 2. The zero-order chi connectivity index (χ0) is 13.1. The van der Waals surface area contributed by atoms with Gasteiger partial charge in [0.1, 0.15) is 5.76 Å². The Balaban J connectivity index is 1.66. The van der Waals surface area contributed by atoms with Gasteiger partial charge in [-0.3, -0.25) is 9.89 Å². The number of benzene rings is 1. The molecule has 2 aromatic heterocycles. The summed E-state index contributed by atoms with van der Waals surface area (Å²) < 4.78 is 5.19. The number of aromatic amines is 1. The van der Waals surface area contributed by atoms with Crippen LogP contribution in [0.5, 0.6) is 0 Å². The van der Waals surface area contributed by atoms with E-state index < -0.39 is 0 Å². The third-order valence-corrected chi connectivity index (χ3v) is 2.91. The van der Waals surface area contributed by atoms with Crippen molar-refractivity contribution in [2.24, 2.45) is 0 Å². The zero-order valence-corrected chi connectivity index (χ0v) is 10.2. The SMILES string of the molecule is O=C(CCc1ccco1)Nc1n[nH]c2ccccc12. The first-order valence-corrected chi connectivity index (χ1v) is 6.08. The Hall–Kier alpha value is -2.56. The van der Waals surface area contributed by atoms with E-state index in [0.29, 0.717) is 18.7 Å². The average molecular weight is 255 g/mol. The number of nitrogens with zero attached hydrogens (tertiary/aromatic N) is 1. The van der Waals surface area contributed by atoms with Gasteiger partial charge in [0.2, 0.25) is 5.91 Å². The van der Waals surface area contributed by atoms with Gasteiger partial charge in [0, 0.05) is 18.2 Å². The minimum atomic E-state index is -0.0753. The predicted molar refractivity (Wildman–Crippen MR) is 71.8 cm³/mol. The lowest BCUT2D eigenvalue weighted by atomic mass is 10.2. The highest BCUT2D eigenvalue weighted by atomic mass is 16.3. The first-order valence-electron chi connectivity index (χ1n) is 6.08. The number of furan rings is 1. The Morgan fingerprint density at radius 2 is 2.16 bits per heavy atom. The number of rotatable bonds is 4. The summed E-state index contributed by atoms with van der Waals surface area (Å²) in [6, 6.07) is 11.3. The molecule has 0 bridgehead atoms. The Kier molecular flexibility index (Phi) is 3.02. The fourth-order valence-electron chi connectivity index (χ4n) is 1.94. The zero-order valence-electron chi connectivity index (χ0n) is 10.2. The first kappa shape index (κ1) is 11.5. The van der Waals surface area contributed by atoms with E-state index >= 15 is 0 Å². The van der Waals surface area contributed by atoms with Crippen molar-refractivity contribution >= 4 is 22.6 Å². The third-order valence-electron chi connectivity index (χ3n) is 2.91. The molecule has 0 fully saturated rings. The number of fused-ring (bicyclic) bond motifs is 1. The number of hydrogen-bond acceptors (Lipinski definition) is 3. The second kappa shape index (κ2) is 4.97. The van der Waals surface area contributed by atoms with Crippen LogP contribution in [0.2, 0.25) is 0 Å². The van der Waals surface area contributed by atoms with Gasteiger partial charge in [-0.15, -0.1) is 0 Å². The second-order valence-corrected chi connectivity index (χ2v) is 4.25. The number of carbonyl (C=O) groups is 1. The van der Waals surface area contributed by atoms with Crippen LogP contribution >= 0.6 is 0 Å². The Morgan fingerprint density at radius 3 is 3.00 bits per heavy atom. The highest BCUT2D eigenvalue weighted by Gasteiger charge is 2.09. The molecule has 96 valence electrons. The van der Waals surface area contributed by atoms with Gasteiger partial charge in [-0.25, -0.2) is 0 Å². The van der Waals surface area contributed by atoms with Crippen LogP contribution in [-0.2, 0) is 11.2 Å². The van der Waals surface area contributed by atoms with Crippen LogP contribution in [0.4, 0.5) is 5.82 Å². The molecule has 0 radical (unpaired) electrons. The van der Waals surface area contributed by atoms with E-state index in [1.807, 2.05) is 36.4 Å². The lowest BCUT2D eigenvalue weighted by Crippen LogP contribution is -2.12. The summed E-state index contributed by atoms with van der Waals surface area (Å²) in [5.74, 6) is 1.30. The first-order chi connectivity index (χ1) is 9.33. The Bertz CT molecular complexity index is 686. The number of para-hydroxylation sites is 1. The number of nitrogens with one attached hydrogen (secondary N) is 2. The molecule has 0 aliphatic heterocycles. The molecule has 0 spiro atoms. The summed E-state index contributed by atoms with van der Waals surface area (Å²) in [5.41, 5.74) is 0.906. The van der Waals surface area contributed by atoms with Crippen LogP contribution in [0.3, 0.4) is 0 Å². The molecule has 1 aromatic carbocycles. The van der Waals surface area contributed by atoms with Crippen LogP contribution in [-0.4, -0.2) is 16.1 Å². The van der Waals surface area contributed by atoms with Crippen LogP contribution in [0, 0.1) is 0 Å². The molecule has 0 atom stereocenters. The summed E-state index contributed by atoms with van der Waals surface area (Å²) in [4.78, 5) is 11.8. The molecule has 5 heteroatoms. The van der Waals surface area contributed by atoms with Crippen LogP contribution in [0.15, 0.2) is 47.1 Å². The third kappa shape index (κ3) is 2.49. The number of hydrogen-bond donors (Lipinski definition) is 2. The standard InChI is InChI=1S/C14H13N3O2/c18-13(8-7-10-4-3-9-19-10)15-14-11-5-1-2-6-12(11)16-17-14/h1-6,9H,7-8H2,(H2,15,16,17,18). The molecule has 5 nitrogen and oxygen atoms in total. The summed E-state index contributed by atoms with van der Waals surface area (Å²) in [5, 5.41) is 10.7. The monoisotopic (exact) mass is 255 g/mol. The van der Waals surface area contributed by atoms with E-state index in [4.69, 9.17) is 4.42 Å². The van der Waals surface area contributed by atoms with Gasteiger partial charge in [0.15, 0.2) is 5.82 Å². The Labute approximate surface area is 109 Å². The van der Waals surface area contributed by atoms with Crippen LogP contribution < -0.4 is 5.32 Å². The van der Waals surface area contributed by atoms with Crippen molar-refractivity contribution in [3.63, 3.8) is 0 Å². The minimum absolute atomic E-state index is 0.0753. The molecular formula is C14H13N3O2.